The van der Waals surface area contributed by atoms with Gasteiger partial charge in [0.1, 0.15) is 11.6 Å². The summed E-state index contributed by atoms with van der Waals surface area (Å²) >= 11 is 12.3. The molecule has 2 unspecified atom stereocenters. The van der Waals surface area contributed by atoms with E-state index in [1.807, 2.05) is 55.5 Å². The van der Waals surface area contributed by atoms with Crippen molar-refractivity contribution in [2.24, 2.45) is 0 Å². The monoisotopic (exact) mass is 586 g/mol. The molecule has 5 rings (SSSR count). The lowest BCUT2D eigenvalue weighted by molar-refractivity contribution is -0.0103. The number of rotatable bonds is 8. The van der Waals surface area contributed by atoms with Crippen LogP contribution in [0.25, 0.3) is 0 Å². The molecule has 2 atom stereocenters. The Kier molecular flexibility index (Phi) is 8.08. The molecule has 4 aromatic carbocycles. The first-order chi connectivity index (χ1) is 18.6. The van der Waals surface area contributed by atoms with Crippen molar-refractivity contribution in [3.8, 4) is 0 Å². The molecule has 0 spiro atoms. The third-order valence-electron chi connectivity index (χ3n) is 7.22. The molecule has 1 fully saturated rings. The summed E-state index contributed by atoms with van der Waals surface area (Å²) in [6.45, 7) is 2.49. The van der Waals surface area contributed by atoms with Crippen LogP contribution in [0.4, 0.5) is 8.78 Å². The molecule has 9 heteroatoms. The number of hydrogen-bond acceptors (Lipinski definition) is 3. The molecular weight excluding hydrogens is 561 g/mol. The second-order valence-corrected chi connectivity index (χ2v) is 12.4. The Bertz CT molecular complexity index is 1490. The zero-order chi connectivity index (χ0) is 27.7. The maximum atomic E-state index is 13.9. The van der Waals surface area contributed by atoms with Crippen LogP contribution < -0.4 is 0 Å². The number of halogens is 4. The number of nitrogens with zero attached hydrogens (tertiary/aromatic N) is 2. The van der Waals surface area contributed by atoms with Gasteiger partial charge in [0.25, 0.3) is 0 Å². The molecule has 0 saturated carbocycles. The maximum Gasteiger partial charge on any atom is 0.243 e. The van der Waals surface area contributed by atoms with E-state index in [1.165, 1.54) is 28.6 Å². The largest absolute Gasteiger partial charge is 0.286 e. The second kappa shape index (κ2) is 11.4. The Morgan fingerprint density at radius 3 is 1.72 bits per heavy atom. The summed E-state index contributed by atoms with van der Waals surface area (Å²) in [5.41, 5.74) is 2.68. The summed E-state index contributed by atoms with van der Waals surface area (Å²) in [4.78, 5) is 2.23. The normalized spacial score (nSPS) is 17.9. The van der Waals surface area contributed by atoms with Crippen LogP contribution in [0.5, 0.6) is 0 Å². The fraction of sp³-hybridized carbons (Fsp3) is 0.200. The van der Waals surface area contributed by atoms with E-state index in [-0.39, 0.29) is 29.6 Å². The molecule has 202 valence electrons. The molecule has 4 aromatic rings. The highest BCUT2D eigenvalue weighted by molar-refractivity contribution is 7.89. The molecular formula is C30H26Cl2F2N2O2S. The number of likely N-dealkylation sites (tertiary alicyclic amines) is 1. The Labute approximate surface area is 237 Å². The maximum absolute atomic E-state index is 13.9. The van der Waals surface area contributed by atoms with E-state index in [4.69, 9.17) is 23.2 Å². The Balaban J connectivity index is 1.50. The molecule has 1 heterocycles. The van der Waals surface area contributed by atoms with Gasteiger partial charge in [-0.3, -0.25) is 4.90 Å². The van der Waals surface area contributed by atoms with Crippen molar-refractivity contribution in [1.82, 2.24) is 9.21 Å². The molecule has 1 saturated heterocycles. The van der Waals surface area contributed by atoms with E-state index >= 15 is 0 Å². The third-order valence-corrected chi connectivity index (χ3v) is 9.61. The van der Waals surface area contributed by atoms with Crippen LogP contribution in [-0.2, 0) is 16.6 Å². The van der Waals surface area contributed by atoms with E-state index in [1.54, 1.807) is 12.1 Å². The molecule has 0 bridgehead atoms. The van der Waals surface area contributed by atoms with Gasteiger partial charge in [0.05, 0.1) is 17.0 Å². The summed E-state index contributed by atoms with van der Waals surface area (Å²) in [5, 5.41) is 1.25. The quantitative estimate of drug-likeness (QED) is 0.217. The molecule has 0 aromatic heterocycles. The van der Waals surface area contributed by atoms with Crippen LogP contribution in [0, 0.1) is 11.6 Å². The zero-order valence-electron chi connectivity index (χ0n) is 21.0. The number of sulfonamides is 1. The van der Waals surface area contributed by atoms with Gasteiger partial charge in [-0.05, 0) is 84.3 Å². The molecule has 0 amide bonds. The lowest BCUT2D eigenvalue weighted by Gasteiger charge is -2.54. The Morgan fingerprint density at radius 2 is 1.26 bits per heavy atom. The summed E-state index contributed by atoms with van der Waals surface area (Å²) in [7, 11) is -4.00. The van der Waals surface area contributed by atoms with Gasteiger partial charge in [0.2, 0.25) is 10.0 Å². The van der Waals surface area contributed by atoms with Gasteiger partial charge in [0.15, 0.2) is 0 Å². The van der Waals surface area contributed by atoms with Gasteiger partial charge in [-0.15, -0.1) is 0 Å². The predicted molar refractivity (Wildman–Crippen MR) is 150 cm³/mol. The van der Waals surface area contributed by atoms with Crippen molar-refractivity contribution < 1.29 is 17.2 Å². The summed E-state index contributed by atoms with van der Waals surface area (Å²) < 4.78 is 56.4. The van der Waals surface area contributed by atoms with Crippen molar-refractivity contribution in [1.29, 1.82) is 0 Å². The minimum absolute atomic E-state index is 0.00335. The van der Waals surface area contributed by atoms with Gasteiger partial charge >= 0.3 is 0 Å². The molecule has 1 aliphatic heterocycles. The summed E-state index contributed by atoms with van der Waals surface area (Å²) in [5.74, 6) is -0.917. The smallest absolute Gasteiger partial charge is 0.243 e. The van der Waals surface area contributed by atoms with Crippen LogP contribution in [0.15, 0.2) is 102 Å². The van der Waals surface area contributed by atoms with Gasteiger partial charge in [-0.25, -0.2) is 17.2 Å². The van der Waals surface area contributed by atoms with E-state index in [0.717, 1.165) is 23.3 Å². The van der Waals surface area contributed by atoms with Crippen molar-refractivity contribution in [3.63, 3.8) is 0 Å². The van der Waals surface area contributed by atoms with E-state index in [2.05, 4.69) is 4.90 Å². The van der Waals surface area contributed by atoms with Crippen molar-refractivity contribution in [2.75, 3.05) is 6.54 Å². The SMILES string of the molecule is CC1C(N(Cc2ccc(F)cc2)S(=O)(=O)c2ccc(F)cc2)CN1C(c1ccc(Cl)cc1)c1ccc(Cl)cc1. The molecule has 0 radical (unpaired) electrons. The van der Waals surface area contributed by atoms with E-state index in [9.17, 15) is 17.2 Å². The average Bonchev–Trinajstić information content (AvgIpc) is 2.92. The topological polar surface area (TPSA) is 40.6 Å². The minimum atomic E-state index is -4.00. The van der Waals surface area contributed by atoms with Crippen LogP contribution in [0.2, 0.25) is 10.0 Å². The van der Waals surface area contributed by atoms with Crippen LogP contribution >= 0.6 is 23.2 Å². The Hall–Kier alpha value is -2.81. The van der Waals surface area contributed by atoms with E-state index < -0.39 is 21.7 Å². The third kappa shape index (κ3) is 5.88. The fourth-order valence-corrected chi connectivity index (χ4v) is 6.97. The second-order valence-electron chi connectivity index (χ2n) is 9.64. The first kappa shape index (κ1) is 27.7. The van der Waals surface area contributed by atoms with Crippen LogP contribution in [-0.4, -0.2) is 36.3 Å². The molecule has 39 heavy (non-hydrogen) atoms. The molecule has 4 nitrogen and oxygen atoms in total. The molecule has 0 N–H and O–H groups in total. The highest BCUT2D eigenvalue weighted by Crippen LogP contribution is 2.40. The van der Waals surface area contributed by atoms with E-state index in [0.29, 0.717) is 22.2 Å². The Morgan fingerprint density at radius 1 is 0.795 bits per heavy atom. The lowest BCUT2D eigenvalue weighted by atomic mass is 9.88. The fourth-order valence-electron chi connectivity index (χ4n) is 5.05. The first-order valence-electron chi connectivity index (χ1n) is 12.4. The van der Waals surface area contributed by atoms with Gasteiger partial charge in [-0.2, -0.15) is 4.31 Å². The molecule has 1 aliphatic rings. The number of hydrogen-bond donors (Lipinski definition) is 0. The number of benzene rings is 4. The van der Waals surface area contributed by atoms with Crippen molar-refractivity contribution in [2.45, 2.75) is 36.5 Å². The highest BCUT2D eigenvalue weighted by Gasteiger charge is 2.47. The lowest BCUT2D eigenvalue weighted by Crippen LogP contribution is -2.66. The van der Waals surface area contributed by atoms with Crippen LogP contribution in [0.3, 0.4) is 0 Å². The zero-order valence-corrected chi connectivity index (χ0v) is 23.3. The van der Waals surface area contributed by atoms with Crippen LogP contribution in [0.1, 0.15) is 29.7 Å². The van der Waals surface area contributed by atoms with Gasteiger partial charge < -0.3 is 0 Å². The summed E-state index contributed by atoms with van der Waals surface area (Å²) in [6.07, 6.45) is 0. The highest BCUT2D eigenvalue weighted by atomic mass is 35.5. The first-order valence-corrected chi connectivity index (χ1v) is 14.6. The van der Waals surface area contributed by atoms with Crippen molar-refractivity contribution in [3.05, 3.63) is 135 Å². The summed E-state index contributed by atoms with van der Waals surface area (Å²) in [6, 6.07) is 25.1. The minimum Gasteiger partial charge on any atom is -0.286 e. The van der Waals surface area contributed by atoms with Gasteiger partial charge in [-0.1, -0.05) is 59.6 Å². The average molecular weight is 588 g/mol. The standard InChI is InChI=1S/C30H26Cl2F2N2O2S/c1-20-29(19-35(20)30(22-4-8-24(31)9-5-22)23-6-10-25(32)11-7-23)36(18-21-2-12-26(33)13-3-21)39(37,38)28-16-14-27(34)15-17-28/h2-17,20,29-30H,18-19H2,1H3. The molecule has 0 aliphatic carbocycles. The predicted octanol–water partition coefficient (Wildman–Crippen LogP) is 7.32. The van der Waals surface area contributed by atoms with Gasteiger partial charge in [0, 0.05) is 29.2 Å². The van der Waals surface area contributed by atoms with Crippen molar-refractivity contribution >= 4 is 33.2 Å².